The molecule has 5 nitrogen and oxygen atoms in total. The van der Waals surface area contributed by atoms with Gasteiger partial charge >= 0.3 is 6.18 Å². The van der Waals surface area contributed by atoms with Crippen LogP contribution in [0.25, 0.3) is 0 Å². The molecule has 0 bridgehead atoms. The average Bonchev–Trinajstić information content (AvgIpc) is 2.73. The Kier molecular flexibility index (Phi) is 9.90. The summed E-state index contributed by atoms with van der Waals surface area (Å²) < 4.78 is 43.7. The van der Waals surface area contributed by atoms with Crippen molar-refractivity contribution in [3.8, 4) is 0 Å². The summed E-state index contributed by atoms with van der Waals surface area (Å²) in [6, 6.07) is 5.88. The number of nitrogens with zero attached hydrogens (tertiary/aromatic N) is 2. The van der Waals surface area contributed by atoms with Crippen LogP contribution >= 0.6 is 12.4 Å². The number of amides is 1. The molecule has 2 fully saturated rings. The third-order valence-corrected chi connectivity index (χ3v) is 6.25. The van der Waals surface area contributed by atoms with Crippen molar-refractivity contribution in [2.24, 2.45) is 5.92 Å². The maximum atomic E-state index is 12.9. The van der Waals surface area contributed by atoms with E-state index in [1.54, 1.807) is 6.07 Å². The van der Waals surface area contributed by atoms with Gasteiger partial charge in [0, 0.05) is 45.0 Å². The fraction of sp³-hybridized carbons (Fsp3) is 0.682. The van der Waals surface area contributed by atoms with Gasteiger partial charge in [0.05, 0.1) is 5.56 Å². The summed E-state index contributed by atoms with van der Waals surface area (Å²) in [6.07, 6.45) is 1.13. The molecule has 1 saturated heterocycles. The number of alkyl halides is 3. The van der Waals surface area contributed by atoms with Gasteiger partial charge in [0.15, 0.2) is 0 Å². The first-order valence-corrected chi connectivity index (χ1v) is 10.8. The summed E-state index contributed by atoms with van der Waals surface area (Å²) >= 11 is 0. The minimum atomic E-state index is -4.30. The molecule has 1 aromatic carbocycles. The van der Waals surface area contributed by atoms with E-state index in [-0.39, 0.29) is 31.0 Å². The van der Waals surface area contributed by atoms with Crippen LogP contribution in [0.2, 0.25) is 0 Å². The van der Waals surface area contributed by atoms with E-state index >= 15 is 0 Å². The molecule has 1 aliphatic carbocycles. The number of ether oxygens (including phenoxy) is 1. The normalized spacial score (nSPS) is 22.6. The van der Waals surface area contributed by atoms with Gasteiger partial charge in [-0.15, -0.1) is 12.4 Å². The lowest BCUT2D eigenvalue weighted by molar-refractivity contribution is -0.137. The van der Waals surface area contributed by atoms with Crippen LogP contribution < -0.4 is 10.2 Å². The Balaban J connectivity index is 0.00000341. The number of anilines is 1. The van der Waals surface area contributed by atoms with Crippen LogP contribution in [0.15, 0.2) is 24.3 Å². The van der Waals surface area contributed by atoms with Crippen molar-refractivity contribution >= 4 is 24.0 Å². The highest BCUT2D eigenvalue weighted by molar-refractivity contribution is 5.85. The van der Waals surface area contributed by atoms with Gasteiger partial charge in [-0.3, -0.25) is 9.69 Å². The van der Waals surface area contributed by atoms with Crippen molar-refractivity contribution < 1.29 is 22.7 Å². The van der Waals surface area contributed by atoms with Gasteiger partial charge < -0.3 is 15.0 Å². The number of nitrogens with one attached hydrogen (secondary N) is 1. The summed E-state index contributed by atoms with van der Waals surface area (Å²) in [5.74, 6) is 0.640. The second kappa shape index (κ2) is 11.9. The monoisotopic (exact) mass is 463 g/mol. The first-order valence-electron chi connectivity index (χ1n) is 10.8. The molecule has 0 atom stereocenters. The second-order valence-corrected chi connectivity index (χ2v) is 8.38. The second-order valence-electron chi connectivity index (χ2n) is 8.38. The van der Waals surface area contributed by atoms with Crippen molar-refractivity contribution in [2.45, 2.75) is 44.3 Å². The third kappa shape index (κ3) is 7.84. The van der Waals surface area contributed by atoms with Gasteiger partial charge in [-0.1, -0.05) is 6.07 Å². The fourth-order valence-electron chi connectivity index (χ4n) is 4.47. The number of hydrogen-bond acceptors (Lipinski definition) is 4. The van der Waals surface area contributed by atoms with Gasteiger partial charge in [-0.2, -0.15) is 13.2 Å². The first kappa shape index (κ1) is 25.7. The molecule has 0 spiro atoms. The van der Waals surface area contributed by atoms with Crippen molar-refractivity contribution in [1.29, 1.82) is 0 Å². The van der Waals surface area contributed by atoms with Gasteiger partial charge in [0.25, 0.3) is 0 Å². The summed E-state index contributed by atoms with van der Waals surface area (Å²) in [7, 11) is 1.52. The molecule has 3 rings (SSSR count). The summed E-state index contributed by atoms with van der Waals surface area (Å²) in [6.45, 7) is 4.39. The van der Waals surface area contributed by atoms with Gasteiger partial charge in [-0.25, -0.2) is 0 Å². The molecule has 1 amide bonds. The molecule has 2 aliphatic rings. The molecule has 176 valence electrons. The highest BCUT2D eigenvalue weighted by Crippen LogP contribution is 2.32. The highest BCUT2D eigenvalue weighted by atomic mass is 35.5. The van der Waals surface area contributed by atoms with Crippen LogP contribution in [-0.2, 0) is 15.7 Å². The maximum absolute atomic E-state index is 12.9. The minimum Gasteiger partial charge on any atom is -0.375 e. The van der Waals surface area contributed by atoms with Crippen LogP contribution in [0, 0.1) is 5.92 Å². The third-order valence-electron chi connectivity index (χ3n) is 6.25. The molecule has 1 aliphatic heterocycles. The summed E-state index contributed by atoms with van der Waals surface area (Å²) in [4.78, 5) is 16.1. The van der Waals surface area contributed by atoms with Crippen LogP contribution in [-0.4, -0.2) is 63.3 Å². The maximum Gasteiger partial charge on any atom is 0.416 e. The van der Waals surface area contributed by atoms with E-state index in [0.717, 1.165) is 70.9 Å². The lowest BCUT2D eigenvalue weighted by Crippen LogP contribution is -2.47. The van der Waals surface area contributed by atoms with E-state index < -0.39 is 11.7 Å². The SMILES string of the molecule is COCC(=O)NC1CCC(CCN2CCN(c3cccc(C(F)(F)F)c3)CC2)CC1.Cl. The molecule has 1 aromatic rings. The van der Waals surface area contributed by atoms with E-state index in [0.29, 0.717) is 11.6 Å². The largest absolute Gasteiger partial charge is 0.416 e. The zero-order valence-electron chi connectivity index (χ0n) is 18.0. The molecule has 1 saturated carbocycles. The topological polar surface area (TPSA) is 44.8 Å². The Morgan fingerprint density at radius 3 is 2.42 bits per heavy atom. The van der Waals surface area contributed by atoms with E-state index in [2.05, 4.69) is 10.2 Å². The van der Waals surface area contributed by atoms with Crippen LogP contribution in [0.5, 0.6) is 0 Å². The predicted octanol–water partition coefficient (Wildman–Crippen LogP) is 3.96. The first-order chi connectivity index (χ1) is 14.3. The number of carbonyl (C=O) groups excluding carboxylic acids is 1. The number of benzene rings is 1. The summed E-state index contributed by atoms with van der Waals surface area (Å²) in [5, 5.41) is 3.03. The smallest absolute Gasteiger partial charge is 0.375 e. The van der Waals surface area contributed by atoms with Crippen molar-refractivity contribution in [3.63, 3.8) is 0 Å². The molecule has 1 heterocycles. The van der Waals surface area contributed by atoms with Gasteiger partial charge in [-0.05, 0) is 62.8 Å². The number of hydrogen-bond donors (Lipinski definition) is 1. The molecule has 1 N–H and O–H groups in total. The quantitative estimate of drug-likeness (QED) is 0.664. The van der Waals surface area contributed by atoms with Gasteiger partial charge in [0.1, 0.15) is 6.61 Å². The molecule has 31 heavy (non-hydrogen) atoms. The van der Waals surface area contributed by atoms with E-state index in [4.69, 9.17) is 4.74 Å². The van der Waals surface area contributed by atoms with E-state index in [1.165, 1.54) is 19.2 Å². The number of methoxy groups -OCH3 is 1. The molecular weight excluding hydrogens is 431 g/mol. The van der Waals surface area contributed by atoms with E-state index in [9.17, 15) is 18.0 Å². The Labute approximate surface area is 188 Å². The van der Waals surface area contributed by atoms with Crippen LogP contribution in [0.1, 0.15) is 37.7 Å². The molecule has 9 heteroatoms. The number of carbonyl (C=O) groups is 1. The number of rotatable bonds is 7. The standard InChI is InChI=1S/C22H32F3N3O2.ClH/c1-30-16-21(29)26-19-7-5-17(6-8-19)9-10-27-11-13-28(14-12-27)20-4-2-3-18(15-20)22(23,24)25;/h2-4,15,17,19H,5-14,16H2,1H3,(H,26,29);1H. The fourth-order valence-corrected chi connectivity index (χ4v) is 4.47. The Morgan fingerprint density at radius 1 is 1.13 bits per heavy atom. The van der Waals surface area contributed by atoms with Gasteiger partial charge in [0.2, 0.25) is 5.91 Å². The van der Waals surface area contributed by atoms with E-state index in [1.807, 2.05) is 4.90 Å². The molecule has 0 aromatic heterocycles. The predicted molar refractivity (Wildman–Crippen MR) is 118 cm³/mol. The van der Waals surface area contributed by atoms with Crippen molar-refractivity contribution in [3.05, 3.63) is 29.8 Å². The lowest BCUT2D eigenvalue weighted by atomic mass is 9.84. The van der Waals surface area contributed by atoms with Crippen molar-refractivity contribution in [2.75, 3.05) is 51.3 Å². The zero-order valence-corrected chi connectivity index (χ0v) is 18.8. The van der Waals surface area contributed by atoms with Crippen molar-refractivity contribution in [1.82, 2.24) is 10.2 Å². The highest BCUT2D eigenvalue weighted by Gasteiger charge is 2.31. The average molecular weight is 464 g/mol. The van der Waals surface area contributed by atoms with Crippen LogP contribution in [0.3, 0.4) is 0 Å². The van der Waals surface area contributed by atoms with Crippen LogP contribution in [0.4, 0.5) is 18.9 Å². The zero-order chi connectivity index (χ0) is 21.6. The number of piperazine rings is 1. The minimum absolute atomic E-state index is 0. The summed E-state index contributed by atoms with van der Waals surface area (Å²) in [5.41, 5.74) is 0.0646. The Hall–Kier alpha value is -1.51. The number of halogens is 4. The molecular formula is C22H33ClF3N3O2. The molecule has 0 radical (unpaired) electrons. The Morgan fingerprint density at radius 2 is 1.81 bits per heavy atom. The molecule has 0 unspecified atom stereocenters. The lowest BCUT2D eigenvalue weighted by Gasteiger charge is -2.37. The Bertz CT molecular complexity index is 689.